The lowest BCUT2D eigenvalue weighted by Gasteiger charge is -2.40. The van der Waals surface area contributed by atoms with E-state index < -0.39 is 17.2 Å². The third kappa shape index (κ3) is 3.21. The Kier molecular flexibility index (Phi) is 4.00. The number of carboxylic acids is 1. The highest BCUT2D eigenvalue weighted by Gasteiger charge is 2.45. The van der Waals surface area contributed by atoms with Crippen molar-refractivity contribution in [1.82, 2.24) is 0 Å². The second kappa shape index (κ2) is 4.74. The average molecular weight is 228 g/mol. The summed E-state index contributed by atoms with van der Waals surface area (Å²) in [5.74, 6) is -0.118. The van der Waals surface area contributed by atoms with Crippen molar-refractivity contribution in [1.29, 1.82) is 0 Å². The van der Waals surface area contributed by atoms with Crippen LogP contribution >= 0.6 is 0 Å². The molecule has 0 aromatic rings. The van der Waals surface area contributed by atoms with E-state index in [-0.39, 0.29) is 0 Å². The van der Waals surface area contributed by atoms with E-state index in [4.69, 9.17) is 4.74 Å². The Morgan fingerprint density at radius 1 is 1.38 bits per heavy atom. The number of ether oxygens (including phenoxy) is 1. The van der Waals surface area contributed by atoms with Crippen molar-refractivity contribution >= 4 is 5.97 Å². The normalized spacial score (nSPS) is 31.4. The van der Waals surface area contributed by atoms with Crippen LogP contribution in [0.2, 0.25) is 0 Å². The second-order valence-corrected chi connectivity index (χ2v) is 5.87. The van der Waals surface area contributed by atoms with Gasteiger partial charge < -0.3 is 9.84 Å². The Morgan fingerprint density at radius 2 is 1.88 bits per heavy atom. The maximum atomic E-state index is 11.4. The van der Waals surface area contributed by atoms with Crippen LogP contribution in [0.4, 0.5) is 0 Å². The zero-order valence-corrected chi connectivity index (χ0v) is 10.9. The monoisotopic (exact) mass is 228 g/mol. The van der Waals surface area contributed by atoms with Gasteiger partial charge in [0, 0.05) is 0 Å². The molecule has 16 heavy (non-hydrogen) atoms. The SMILES string of the molecule is CCC1CCC(OC(C)(C)C)(C(=O)O)CC1. The standard InChI is InChI=1S/C13H24O3/c1-5-10-6-8-13(9-7-10,11(14)15)16-12(2,3)4/h10H,5-9H2,1-4H3,(H,14,15). The van der Waals surface area contributed by atoms with Crippen molar-refractivity contribution in [3.63, 3.8) is 0 Å². The van der Waals surface area contributed by atoms with Gasteiger partial charge in [-0.1, -0.05) is 13.3 Å². The van der Waals surface area contributed by atoms with E-state index in [9.17, 15) is 9.90 Å². The summed E-state index contributed by atoms with van der Waals surface area (Å²) in [5, 5.41) is 9.39. The highest BCUT2D eigenvalue weighted by molar-refractivity contribution is 5.77. The molecule has 0 atom stereocenters. The summed E-state index contributed by atoms with van der Waals surface area (Å²) in [6.45, 7) is 7.93. The first kappa shape index (κ1) is 13.5. The van der Waals surface area contributed by atoms with Gasteiger partial charge >= 0.3 is 5.97 Å². The highest BCUT2D eigenvalue weighted by Crippen LogP contribution is 2.38. The predicted octanol–water partition coefficient (Wildman–Crippen LogP) is 3.23. The molecule has 1 fully saturated rings. The number of hydrogen-bond donors (Lipinski definition) is 1. The van der Waals surface area contributed by atoms with E-state index in [0.29, 0.717) is 18.8 Å². The van der Waals surface area contributed by atoms with Crippen LogP contribution in [0.15, 0.2) is 0 Å². The molecule has 0 amide bonds. The van der Waals surface area contributed by atoms with Crippen LogP contribution in [0.3, 0.4) is 0 Å². The lowest BCUT2D eigenvalue weighted by atomic mass is 9.77. The van der Waals surface area contributed by atoms with Crippen molar-refractivity contribution in [3.8, 4) is 0 Å². The number of hydrogen-bond acceptors (Lipinski definition) is 2. The predicted molar refractivity (Wildman–Crippen MR) is 63.5 cm³/mol. The summed E-state index contributed by atoms with van der Waals surface area (Å²) >= 11 is 0. The number of rotatable bonds is 3. The maximum Gasteiger partial charge on any atom is 0.335 e. The van der Waals surface area contributed by atoms with E-state index in [1.807, 2.05) is 20.8 Å². The third-order valence-electron chi connectivity index (χ3n) is 3.38. The van der Waals surface area contributed by atoms with E-state index in [1.54, 1.807) is 0 Å². The van der Waals surface area contributed by atoms with E-state index >= 15 is 0 Å². The fourth-order valence-electron chi connectivity index (χ4n) is 2.50. The van der Waals surface area contributed by atoms with Crippen molar-refractivity contribution in [2.24, 2.45) is 5.92 Å². The van der Waals surface area contributed by atoms with Crippen molar-refractivity contribution in [2.45, 2.75) is 71.0 Å². The summed E-state index contributed by atoms with van der Waals surface area (Å²) in [7, 11) is 0. The molecule has 0 aromatic heterocycles. The Bertz CT molecular complexity index is 244. The lowest BCUT2D eigenvalue weighted by molar-refractivity contribution is -0.193. The number of aliphatic carboxylic acids is 1. The van der Waals surface area contributed by atoms with Gasteiger partial charge in [0.15, 0.2) is 5.60 Å². The Morgan fingerprint density at radius 3 is 2.19 bits per heavy atom. The molecule has 1 rings (SSSR count). The molecule has 3 nitrogen and oxygen atoms in total. The van der Waals surface area contributed by atoms with Crippen molar-refractivity contribution in [2.75, 3.05) is 0 Å². The second-order valence-electron chi connectivity index (χ2n) is 5.87. The van der Waals surface area contributed by atoms with Crippen LogP contribution in [-0.4, -0.2) is 22.3 Å². The minimum atomic E-state index is -0.941. The smallest absolute Gasteiger partial charge is 0.335 e. The average Bonchev–Trinajstić information content (AvgIpc) is 2.16. The molecule has 0 saturated heterocycles. The molecule has 1 N–H and O–H groups in total. The molecule has 0 aromatic carbocycles. The molecule has 0 radical (unpaired) electrons. The van der Waals surface area contributed by atoms with Gasteiger partial charge in [-0.25, -0.2) is 4.79 Å². The Balaban J connectivity index is 2.73. The fourth-order valence-corrected chi connectivity index (χ4v) is 2.50. The van der Waals surface area contributed by atoms with Crippen molar-refractivity contribution < 1.29 is 14.6 Å². The molecule has 0 aliphatic heterocycles. The molecule has 0 unspecified atom stereocenters. The molecule has 1 aliphatic carbocycles. The van der Waals surface area contributed by atoms with Gasteiger partial charge in [0.05, 0.1) is 5.60 Å². The van der Waals surface area contributed by atoms with Crippen LogP contribution < -0.4 is 0 Å². The summed E-state index contributed by atoms with van der Waals surface area (Å²) in [6.07, 6.45) is 4.39. The molecular weight excluding hydrogens is 204 g/mol. The molecular formula is C13H24O3. The summed E-state index contributed by atoms with van der Waals surface area (Å²) in [6, 6.07) is 0. The van der Waals surface area contributed by atoms with Crippen LogP contribution in [0.1, 0.15) is 59.8 Å². The summed E-state index contributed by atoms with van der Waals surface area (Å²) in [5.41, 5.74) is -1.33. The molecule has 0 bridgehead atoms. The van der Waals surface area contributed by atoms with E-state index in [2.05, 4.69) is 6.92 Å². The zero-order valence-electron chi connectivity index (χ0n) is 10.9. The van der Waals surface area contributed by atoms with E-state index in [1.165, 1.54) is 0 Å². The summed E-state index contributed by atoms with van der Waals surface area (Å²) < 4.78 is 5.82. The quantitative estimate of drug-likeness (QED) is 0.806. The van der Waals surface area contributed by atoms with Gasteiger partial charge in [-0.2, -0.15) is 0 Å². The van der Waals surface area contributed by atoms with Crippen LogP contribution in [-0.2, 0) is 9.53 Å². The van der Waals surface area contributed by atoms with Gasteiger partial charge in [-0.05, 0) is 52.4 Å². The largest absolute Gasteiger partial charge is 0.479 e. The molecule has 1 aliphatic rings. The minimum Gasteiger partial charge on any atom is -0.479 e. The van der Waals surface area contributed by atoms with Gasteiger partial charge in [0.25, 0.3) is 0 Å². The molecule has 1 saturated carbocycles. The highest BCUT2D eigenvalue weighted by atomic mass is 16.5. The van der Waals surface area contributed by atoms with Gasteiger partial charge in [-0.15, -0.1) is 0 Å². The molecule has 0 heterocycles. The minimum absolute atomic E-state index is 0.391. The first-order chi connectivity index (χ1) is 7.29. The van der Waals surface area contributed by atoms with Gasteiger partial charge in [-0.3, -0.25) is 0 Å². The van der Waals surface area contributed by atoms with Crippen LogP contribution in [0.25, 0.3) is 0 Å². The first-order valence-corrected chi connectivity index (χ1v) is 6.22. The van der Waals surface area contributed by atoms with Crippen LogP contribution in [0, 0.1) is 5.92 Å². The molecule has 3 heteroatoms. The topological polar surface area (TPSA) is 46.5 Å². The fraction of sp³-hybridized carbons (Fsp3) is 0.923. The number of carboxylic acid groups (broad SMARTS) is 1. The van der Waals surface area contributed by atoms with Gasteiger partial charge in [0.2, 0.25) is 0 Å². The third-order valence-corrected chi connectivity index (χ3v) is 3.38. The molecule has 0 spiro atoms. The summed E-state index contributed by atoms with van der Waals surface area (Å²) in [4.78, 5) is 11.4. The van der Waals surface area contributed by atoms with Gasteiger partial charge in [0.1, 0.15) is 0 Å². The maximum absolute atomic E-state index is 11.4. The van der Waals surface area contributed by atoms with Crippen molar-refractivity contribution in [3.05, 3.63) is 0 Å². The number of carbonyl (C=O) groups is 1. The Labute approximate surface area is 98.2 Å². The Hall–Kier alpha value is -0.570. The molecule has 94 valence electrons. The van der Waals surface area contributed by atoms with Crippen LogP contribution in [0.5, 0.6) is 0 Å². The van der Waals surface area contributed by atoms with E-state index in [0.717, 1.165) is 19.3 Å². The first-order valence-electron chi connectivity index (χ1n) is 6.22. The lowest BCUT2D eigenvalue weighted by Crippen LogP contribution is -2.49. The zero-order chi connectivity index (χ0) is 12.4.